The monoisotopic (exact) mass is 484 g/mol. The zero-order chi connectivity index (χ0) is 23.7. The molecule has 3 heterocycles. The summed E-state index contributed by atoms with van der Waals surface area (Å²) in [6, 6.07) is 11.9. The van der Waals surface area contributed by atoms with Gasteiger partial charge in [-0.15, -0.1) is 0 Å². The number of hydrogen-bond acceptors (Lipinski definition) is 7. The Kier molecular flexibility index (Phi) is 5.86. The second kappa shape index (κ2) is 8.98. The standard InChI is InChI=1S/C23H24N4O6S/c28-21(7-10-24-22-17-3-1-2-4-20(17)34(30,31)26-22)27-11-8-15(9-12-27)23(29)25-16-5-6-18-19(13-16)33-14-32-18/h1-6,13,15H,7-12,14H2,(H,24,26)(H,25,29). The van der Waals surface area contributed by atoms with Gasteiger partial charge in [0.15, 0.2) is 11.5 Å². The fraction of sp³-hybridized carbons (Fsp3) is 0.348. The Bertz CT molecular complexity index is 1270. The summed E-state index contributed by atoms with van der Waals surface area (Å²) in [7, 11) is -3.59. The summed E-state index contributed by atoms with van der Waals surface area (Å²) in [5.74, 6) is 1.21. The number of hydrogen-bond donors (Lipinski definition) is 2. The Morgan fingerprint density at radius 3 is 2.68 bits per heavy atom. The number of rotatable bonds is 5. The molecule has 34 heavy (non-hydrogen) atoms. The van der Waals surface area contributed by atoms with Gasteiger partial charge in [-0.1, -0.05) is 12.1 Å². The van der Waals surface area contributed by atoms with Crippen LogP contribution < -0.4 is 19.5 Å². The summed E-state index contributed by atoms with van der Waals surface area (Å²) in [5.41, 5.74) is 1.17. The van der Waals surface area contributed by atoms with Crippen LogP contribution in [0.5, 0.6) is 11.5 Å². The number of benzene rings is 2. The summed E-state index contributed by atoms with van der Waals surface area (Å²) in [5, 5.41) is 2.91. The van der Waals surface area contributed by atoms with E-state index in [9.17, 15) is 18.0 Å². The quantitative estimate of drug-likeness (QED) is 0.666. The molecule has 5 rings (SSSR count). The highest BCUT2D eigenvalue weighted by molar-refractivity contribution is 7.90. The van der Waals surface area contributed by atoms with Crippen LogP contribution in [-0.4, -0.2) is 57.4 Å². The third kappa shape index (κ3) is 4.43. The van der Waals surface area contributed by atoms with E-state index in [2.05, 4.69) is 15.0 Å². The van der Waals surface area contributed by atoms with Crippen molar-refractivity contribution in [1.82, 2.24) is 9.62 Å². The first-order valence-corrected chi connectivity index (χ1v) is 12.5. The number of carbonyl (C=O) groups excluding carboxylic acids is 2. The number of anilines is 1. The van der Waals surface area contributed by atoms with Crippen molar-refractivity contribution in [2.75, 3.05) is 31.7 Å². The van der Waals surface area contributed by atoms with Gasteiger partial charge in [0, 0.05) is 42.7 Å². The van der Waals surface area contributed by atoms with Gasteiger partial charge < -0.3 is 19.7 Å². The van der Waals surface area contributed by atoms with Crippen molar-refractivity contribution in [2.24, 2.45) is 10.9 Å². The third-order valence-electron chi connectivity index (χ3n) is 6.12. The molecular weight excluding hydrogens is 460 g/mol. The van der Waals surface area contributed by atoms with Crippen molar-refractivity contribution >= 4 is 33.4 Å². The summed E-state index contributed by atoms with van der Waals surface area (Å²) in [4.78, 5) is 31.5. The molecule has 1 saturated heterocycles. The van der Waals surface area contributed by atoms with Crippen LogP contribution in [0.3, 0.4) is 0 Å². The van der Waals surface area contributed by atoms with Crippen LogP contribution in [0.2, 0.25) is 0 Å². The minimum absolute atomic E-state index is 0.0619. The lowest BCUT2D eigenvalue weighted by molar-refractivity contribution is -0.134. The van der Waals surface area contributed by atoms with Crippen molar-refractivity contribution in [2.45, 2.75) is 24.2 Å². The van der Waals surface area contributed by atoms with Crippen LogP contribution in [0.1, 0.15) is 24.8 Å². The molecule has 0 spiro atoms. The lowest BCUT2D eigenvalue weighted by Gasteiger charge is -2.31. The maximum absolute atomic E-state index is 12.7. The summed E-state index contributed by atoms with van der Waals surface area (Å²) >= 11 is 0. The molecule has 0 aliphatic carbocycles. The highest BCUT2D eigenvalue weighted by atomic mass is 32.2. The largest absolute Gasteiger partial charge is 0.454 e. The molecule has 178 valence electrons. The third-order valence-corrected chi connectivity index (χ3v) is 7.51. The van der Waals surface area contributed by atoms with E-state index in [4.69, 9.17) is 9.47 Å². The molecule has 0 atom stereocenters. The molecule has 10 nitrogen and oxygen atoms in total. The average molecular weight is 485 g/mol. The number of amidine groups is 1. The van der Waals surface area contributed by atoms with Gasteiger partial charge in [0.2, 0.25) is 18.6 Å². The van der Waals surface area contributed by atoms with E-state index in [0.717, 1.165) is 0 Å². The van der Waals surface area contributed by atoms with Gasteiger partial charge in [-0.3, -0.25) is 19.3 Å². The van der Waals surface area contributed by atoms with E-state index in [1.807, 2.05) is 0 Å². The first-order valence-electron chi connectivity index (χ1n) is 11.1. The Hall–Kier alpha value is -3.60. The molecule has 0 saturated carbocycles. The van der Waals surface area contributed by atoms with E-state index < -0.39 is 10.0 Å². The van der Waals surface area contributed by atoms with Gasteiger partial charge in [-0.05, 0) is 37.1 Å². The van der Waals surface area contributed by atoms with Crippen molar-refractivity contribution in [3.05, 3.63) is 48.0 Å². The second-order valence-electron chi connectivity index (χ2n) is 8.29. The van der Waals surface area contributed by atoms with Crippen LogP contribution in [-0.2, 0) is 19.6 Å². The van der Waals surface area contributed by atoms with Crippen molar-refractivity contribution in [3.8, 4) is 11.5 Å². The second-order valence-corrected chi connectivity index (χ2v) is 9.95. The smallest absolute Gasteiger partial charge is 0.263 e. The lowest BCUT2D eigenvalue weighted by atomic mass is 9.95. The van der Waals surface area contributed by atoms with Crippen LogP contribution in [0.25, 0.3) is 0 Å². The molecule has 2 amide bonds. The number of piperidine rings is 1. The first-order chi connectivity index (χ1) is 16.4. The predicted molar refractivity (Wildman–Crippen MR) is 123 cm³/mol. The predicted octanol–water partition coefficient (Wildman–Crippen LogP) is 1.72. The van der Waals surface area contributed by atoms with E-state index in [0.29, 0.717) is 48.7 Å². The van der Waals surface area contributed by atoms with E-state index >= 15 is 0 Å². The average Bonchev–Trinajstić information content (AvgIpc) is 3.41. The number of fused-ring (bicyclic) bond motifs is 2. The minimum Gasteiger partial charge on any atom is -0.454 e. The van der Waals surface area contributed by atoms with Gasteiger partial charge >= 0.3 is 0 Å². The molecule has 0 bridgehead atoms. The molecule has 2 aromatic carbocycles. The Balaban J connectivity index is 1.10. The molecule has 0 unspecified atom stereocenters. The summed E-state index contributed by atoms with van der Waals surface area (Å²) < 4.78 is 37.4. The molecule has 3 aliphatic rings. The number of amides is 2. The van der Waals surface area contributed by atoms with E-state index in [1.165, 1.54) is 6.07 Å². The van der Waals surface area contributed by atoms with Gasteiger partial charge in [-0.2, -0.15) is 0 Å². The highest BCUT2D eigenvalue weighted by Crippen LogP contribution is 2.34. The molecule has 2 N–H and O–H groups in total. The maximum atomic E-state index is 12.7. The van der Waals surface area contributed by atoms with Crippen LogP contribution in [0.15, 0.2) is 52.4 Å². The fourth-order valence-corrected chi connectivity index (χ4v) is 5.53. The van der Waals surface area contributed by atoms with Crippen LogP contribution in [0, 0.1) is 5.92 Å². The molecule has 2 aromatic rings. The lowest BCUT2D eigenvalue weighted by Crippen LogP contribution is -2.41. The maximum Gasteiger partial charge on any atom is 0.263 e. The number of nitrogens with one attached hydrogen (secondary N) is 2. The highest BCUT2D eigenvalue weighted by Gasteiger charge is 2.31. The Morgan fingerprint density at radius 2 is 1.85 bits per heavy atom. The normalized spacial score (nSPS) is 19.5. The van der Waals surface area contributed by atoms with Crippen molar-refractivity contribution in [3.63, 3.8) is 0 Å². The minimum atomic E-state index is -3.59. The molecule has 0 radical (unpaired) electrons. The fourth-order valence-electron chi connectivity index (χ4n) is 4.28. The molecular formula is C23H24N4O6S. The Morgan fingerprint density at radius 1 is 1.09 bits per heavy atom. The van der Waals surface area contributed by atoms with Crippen LogP contribution in [0.4, 0.5) is 5.69 Å². The number of aliphatic imine (C=N–C) groups is 1. The zero-order valence-corrected chi connectivity index (χ0v) is 19.1. The summed E-state index contributed by atoms with van der Waals surface area (Å²) in [6.07, 6.45) is 1.31. The summed E-state index contributed by atoms with van der Waals surface area (Å²) in [6.45, 7) is 1.33. The molecule has 3 aliphatic heterocycles. The van der Waals surface area contributed by atoms with E-state index in [-0.39, 0.29) is 48.2 Å². The molecule has 0 aromatic heterocycles. The van der Waals surface area contributed by atoms with Crippen molar-refractivity contribution < 1.29 is 27.5 Å². The number of ether oxygens (including phenoxy) is 2. The number of carbonyl (C=O) groups is 2. The number of likely N-dealkylation sites (tertiary alicyclic amines) is 1. The van der Waals surface area contributed by atoms with Crippen molar-refractivity contribution in [1.29, 1.82) is 0 Å². The van der Waals surface area contributed by atoms with E-state index in [1.54, 1.807) is 41.3 Å². The first kappa shape index (κ1) is 22.2. The van der Waals surface area contributed by atoms with Gasteiger partial charge in [-0.25, -0.2) is 8.42 Å². The SMILES string of the molecule is O=C(Nc1ccc2c(c1)OCO2)C1CCN(C(=O)CCN=C2NS(=O)(=O)c3ccccc32)CC1. The molecule has 1 fully saturated rings. The zero-order valence-electron chi connectivity index (χ0n) is 18.3. The van der Waals surface area contributed by atoms with Gasteiger partial charge in [0.25, 0.3) is 10.0 Å². The molecule has 11 heteroatoms. The number of sulfonamides is 1. The van der Waals surface area contributed by atoms with Gasteiger partial charge in [0.05, 0.1) is 11.4 Å². The topological polar surface area (TPSA) is 126 Å². The Labute approximate surface area is 197 Å². The number of nitrogens with zero attached hydrogens (tertiary/aromatic N) is 2. The van der Waals surface area contributed by atoms with Gasteiger partial charge in [0.1, 0.15) is 5.84 Å². The van der Waals surface area contributed by atoms with Crippen LogP contribution >= 0.6 is 0 Å².